The average Bonchev–Trinajstić information content (AvgIpc) is 2.42. The lowest BCUT2D eigenvalue weighted by atomic mass is 10.1. The van der Waals surface area contributed by atoms with Gasteiger partial charge in [0.05, 0.1) is 14.1 Å². The maximum Gasteiger partial charge on any atom is 0.335 e. The van der Waals surface area contributed by atoms with E-state index in [0.717, 1.165) is 0 Å². The van der Waals surface area contributed by atoms with Crippen molar-refractivity contribution in [2.75, 3.05) is 0 Å². The van der Waals surface area contributed by atoms with Gasteiger partial charge in [-0.25, -0.2) is 4.79 Å². The van der Waals surface area contributed by atoms with Crippen LogP contribution in [0, 0.1) is 20.6 Å². The van der Waals surface area contributed by atoms with Gasteiger partial charge in [0.15, 0.2) is 0 Å². The first-order valence-electron chi connectivity index (χ1n) is 5.84. The van der Waals surface area contributed by atoms with Crippen molar-refractivity contribution in [2.24, 2.45) is 0 Å². The Bertz CT molecular complexity index is 668. The van der Waals surface area contributed by atoms with E-state index in [1.807, 2.05) is 22.6 Å². The summed E-state index contributed by atoms with van der Waals surface area (Å²) in [5, 5.41) is 19.6. The maximum absolute atomic E-state index is 10.9. The van der Waals surface area contributed by atoms with Crippen LogP contribution in [0.25, 0.3) is 0 Å². The van der Waals surface area contributed by atoms with Crippen LogP contribution in [0.4, 0.5) is 5.69 Å². The molecule has 0 unspecified atom stereocenters. The van der Waals surface area contributed by atoms with Crippen molar-refractivity contribution >= 4 is 34.2 Å². The second-order valence-electron chi connectivity index (χ2n) is 4.26. The van der Waals surface area contributed by atoms with Crippen molar-refractivity contribution in [1.82, 2.24) is 0 Å². The van der Waals surface area contributed by atoms with Gasteiger partial charge in [-0.2, -0.15) is 0 Å². The molecule has 108 valence electrons. The van der Waals surface area contributed by atoms with E-state index in [2.05, 4.69) is 0 Å². The van der Waals surface area contributed by atoms with Crippen LogP contribution in [-0.2, 0) is 0 Å². The van der Waals surface area contributed by atoms with Gasteiger partial charge in [-0.1, -0.05) is 0 Å². The van der Waals surface area contributed by atoms with Crippen LogP contribution < -0.4 is 4.74 Å². The number of carboxylic acids is 1. The number of rotatable bonds is 4. The summed E-state index contributed by atoms with van der Waals surface area (Å²) in [6.45, 7) is 1.74. The molecule has 2 rings (SSSR count). The lowest BCUT2D eigenvalue weighted by molar-refractivity contribution is -0.385. The first kappa shape index (κ1) is 15.2. The van der Waals surface area contributed by atoms with Crippen LogP contribution in [0.1, 0.15) is 15.9 Å². The number of hydrogen-bond acceptors (Lipinski definition) is 4. The zero-order valence-electron chi connectivity index (χ0n) is 10.9. The molecule has 0 aliphatic rings. The summed E-state index contributed by atoms with van der Waals surface area (Å²) in [6, 6.07) is 8.81. The zero-order valence-corrected chi connectivity index (χ0v) is 13.0. The second kappa shape index (κ2) is 6.08. The van der Waals surface area contributed by atoms with Crippen LogP contribution in [0.3, 0.4) is 0 Å². The summed E-state index contributed by atoms with van der Waals surface area (Å²) in [7, 11) is 0. The van der Waals surface area contributed by atoms with Gasteiger partial charge in [-0.05, 0) is 59.3 Å². The smallest absolute Gasteiger partial charge is 0.335 e. The number of nitrogens with zero attached hydrogens (tertiary/aromatic N) is 1. The SMILES string of the molecule is Cc1cc(C(=O)O)ccc1Oc1ccc([N+](=O)[O-])cc1I. The summed E-state index contributed by atoms with van der Waals surface area (Å²) in [5.41, 5.74) is 0.840. The Kier molecular flexibility index (Phi) is 4.41. The molecular formula is C14H10INO5. The summed E-state index contributed by atoms with van der Waals surface area (Å²) in [6.07, 6.45) is 0. The Labute approximate surface area is 133 Å². The van der Waals surface area contributed by atoms with E-state index in [0.29, 0.717) is 20.6 Å². The molecule has 0 bridgehead atoms. The molecule has 0 saturated carbocycles. The van der Waals surface area contributed by atoms with Gasteiger partial charge in [-0.15, -0.1) is 0 Å². The van der Waals surface area contributed by atoms with E-state index in [4.69, 9.17) is 9.84 Å². The van der Waals surface area contributed by atoms with Gasteiger partial charge >= 0.3 is 5.97 Å². The summed E-state index contributed by atoms with van der Waals surface area (Å²) in [5.74, 6) is -0.0197. The highest BCUT2D eigenvalue weighted by Gasteiger charge is 2.12. The normalized spacial score (nSPS) is 10.2. The minimum absolute atomic E-state index is 0.00954. The highest BCUT2D eigenvalue weighted by atomic mass is 127. The first-order valence-corrected chi connectivity index (χ1v) is 6.92. The topological polar surface area (TPSA) is 89.7 Å². The number of carboxylic acid groups (broad SMARTS) is 1. The Hall–Kier alpha value is -2.16. The number of benzene rings is 2. The number of nitro benzene ring substituents is 1. The number of ether oxygens (including phenoxy) is 1. The number of non-ortho nitro benzene ring substituents is 1. The third kappa shape index (κ3) is 3.48. The highest BCUT2D eigenvalue weighted by Crippen LogP contribution is 2.31. The molecule has 21 heavy (non-hydrogen) atoms. The van der Waals surface area contributed by atoms with Crippen LogP contribution >= 0.6 is 22.6 Å². The van der Waals surface area contributed by atoms with Gasteiger partial charge in [0.2, 0.25) is 0 Å². The summed E-state index contributed by atoms with van der Waals surface area (Å²) in [4.78, 5) is 21.1. The number of aryl methyl sites for hydroxylation is 1. The fourth-order valence-electron chi connectivity index (χ4n) is 1.70. The third-order valence-electron chi connectivity index (χ3n) is 2.77. The van der Waals surface area contributed by atoms with E-state index in [1.54, 1.807) is 13.0 Å². The van der Waals surface area contributed by atoms with Crippen molar-refractivity contribution in [1.29, 1.82) is 0 Å². The van der Waals surface area contributed by atoms with Crippen molar-refractivity contribution in [3.05, 3.63) is 61.2 Å². The predicted octanol–water partition coefficient (Wildman–Crippen LogP) is 4.00. The molecule has 0 amide bonds. The molecule has 7 heteroatoms. The number of aromatic carboxylic acids is 1. The molecule has 0 saturated heterocycles. The standard InChI is InChI=1S/C14H10INO5/c1-8-6-9(14(17)18)2-4-12(8)21-13-5-3-10(16(19)20)7-11(13)15/h2-7H,1H3,(H,17,18). The quantitative estimate of drug-likeness (QED) is 0.477. The maximum atomic E-state index is 10.9. The van der Waals surface area contributed by atoms with E-state index in [9.17, 15) is 14.9 Å². The van der Waals surface area contributed by atoms with Crippen molar-refractivity contribution in [3.63, 3.8) is 0 Å². The average molecular weight is 399 g/mol. The third-order valence-corrected chi connectivity index (χ3v) is 3.61. The number of nitro groups is 1. The van der Waals surface area contributed by atoms with Gasteiger partial charge in [0.25, 0.3) is 5.69 Å². The monoisotopic (exact) mass is 399 g/mol. The molecule has 0 heterocycles. The van der Waals surface area contributed by atoms with Crippen molar-refractivity contribution in [3.8, 4) is 11.5 Å². The molecule has 0 radical (unpaired) electrons. The van der Waals surface area contributed by atoms with Crippen molar-refractivity contribution in [2.45, 2.75) is 6.92 Å². The zero-order chi connectivity index (χ0) is 15.6. The van der Waals surface area contributed by atoms with E-state index >= 15 is 0 Å². The highest BCUT2D eigenvalue weighted by molar-refractivity contribution is 14.1. The van der Waals surface area contributed by atoms with Gasteiger partial charge in [-0.3, -0.25) is 10.1 Å². The molecular weight excluding hydrogens is 389 g/mol. The molecule has 6 nitrogen and oxygen atoms in total. The minimum atomic E-state index is -1.01. The second-order valence-corrected chi connectivity index (χ2v) is 5.42. The summed E-state index contributed by atoms with van der Waals surface area (Å²) >= 11 is 1.95. The lowest BCUT2D eigenvalue weighted by Gasteiger charge is -2.10. The Morgan fingerprint density at radius 2 is 1.90 bits per heavy atom. The molecule has 0 fully saturated rings. The van der Waals surface area contributed by atoms with E-state index in [-0.39, 0.29) is 11.3 Å². The Morgan fingerprint density at radius 1 is 1.24 bits per heavy atom. The molecule has 0 atom stereocenters. The molecule has 0 aliphatic heterocycles. The molecule has 2 aromatic rings. The Morgan fingerprint density at radius 3 is 2.43 bits per heavy atom. The van der Waals surface area contributed by atoms with Gasteiger partial charge in [0.1, 0.15) is 11.5 Å². The van der Waals surface area contributed by atoms with Crippen molar-refractivity contribution < 1.29 is 19.6 Å². The fourth-order valence-corrected chi connectivity index (χ4v) is 2.31. The molecule has 2 aromatic carbocycles. The molecule has 0 aromatic heterocycles. The van der Waals surface area contributed by atoms with Gasteiger partial charge < -0.3 is 9.84 Å². The number of hydrogen-bond donors (Lipinski definition) is 1. The molecule has 0 spiro atoms. The lowest BCUT2D eigenvalue weighted by Crippen LogP contribution is -1.98. The number of halogens is 1. The van der Waals surface area contributed by atoms with Crippen LogP contribution in [-0.4, -0.2) is 16.0 Å². The Balaban J connectivity index is 2.30. The van der Waals surface area contributed by atoms with Crippen LogP contribution in [0.5, 0.6) is 11.5 Å². The minimum Gasteiger partial charge on any atom is -0.478 e. The number of carbonyl (C=O) groups is 1. The predicted molar refractivity (Wildman–Crippen MR) is 84.0 cm³/mol. The van der Waals surface area contributed by atoms with Crippen LogP contribution in [0.2, 0.25) is 0 Å². The van der Waals surface area contributed by atoms with E-state index < -0.39 is 10.9 Å². The largest absolute Gasteiger partial charge is 0.478 e. The first-order chi connectivity index (χ1) is 9.88. The molecule has 1 N–H and O–H groups in total. The van der Waals surface area contributed by atoms with E-state index in [1.165, 1.54) is 30.3 Å². The molecule has 0 aliphatic carbocycles. The fraction of sp³-hybridized carbons (Fsp3) is 0.0714. The summed E-state index contributed by atoms with van der Waals surface area (Å²) < 4.78 is 6.29. The van der Waals surface area contributed by atoms with Gasteiger partial charge in [0, 0.05) is 12.1 Å². The van der Waals surface area contributed by atoms with Crippen LogP contribution in [0.15, 0.2) is 36.4 Å².